The highest BCUT2D eigenvalue weighted by Gasteiger charge is 2.38. The van der Waals surface area contributed by atoms with Gasteiger partial charge in [0.1, 0.15) is 0 Å². The first-order chi connectivity index (χ1) is 15.8. The number of fused-ring (bicyclic) bond motifs is 2. The molecule has 1 heteroatoms. The first kappa shape index (κ1) is 22.9. The standard InChI is InChI=1S/C32H35N/c1-9-14-30-25(11-3)27-15-12-13-16-31(27)33(30)23-17-18-26-24(10-2)28(19-22(6)21(4)5)32(7,8)29(26)20-23/h9-21H,3,6H2,1-2,4-5,7-8H3/b14-9-,24-10-,28-19+. The molecule has 0 N–H and O–H groups in total. The molecule has 0 radical (unpaired) electrons. The Balaban J connectivity index is 1.99. The zero-order chi connectivity index (χ0) is 23.9. The van der Waals surface area contributed by atoms with Gasteiger partial charge in [-0.15, -0.1) is 0 Å². The van der Waals surface area contributed by atoms with E-state index in [2.05, 4.69) is 126 Å². The molecule has 0 amide bonds. The van der Waals surface area contributed by atoms with Crippen LogP contribution in [0.25, 0.3) is 34.3 Å². The smallest absolute Gasteiger partial charge is 0.0541 e. The van der Waals surface area contributed by atoms with Crippen LogP contribution < -0.4 is 0 Å². The van der Waals surface area contributed by atoms with Crippen molar-refractivity contribution in [1.82, 2.24) is 4.57 Å². The maximum absolute atomic E-state index is 4.33. The summed E-state index contributed by atoms with van der Waals surface area (Å²) in [5.74, 6) is 0.428. The third-order valence-corrected chi connectivity index (χ3v) is 7.03. The van der Waals surface area contributed by atoms with Crippen LogP contribution in [0.15, 0.2) is 85.0 Å². The number of allylic oxidation sites excluding steroid dienone is 6. The molecule has 0 aliphatic heterocycles. The van der Waals surface area contributed by atoms with Gasteiger partial charge in [0.15, 0.2) is 0 Å². The Hall–Kier alpha value is -3.32. The van der Waals surface area contributed by atoms with Gasteiger partial charge in [-0.25, -0.2) is 0 Å². The van der Waals surface area contributed by atoms with E-state index in [4.69, 9.17) is 0 Å². The first-order valence-corrected chi connectivity index (χ1v) is 11.9. The van der Waals surface area contributed by atoms with Crippen molar-refractivity contribution < 1.29 is 0 Å². The Morgan fingerprint density at radius 1 is 1.06 bits per heavy atom. The number of aromatic nitrogens is 1. The van der Waals surface area contributed by atoms with E-state index in [0.717, 1.165) is 0 Å². The van der Waals surface area contributed by atoms with Crippen LogP contribution in [0.2, 0.25) is 0 Å². The number of hydrogen-bond donors (Lipinski definition) is 0. The number of para-hydroxylation sites is 1. The van der Waals surface area contributed by atoms with Gasteiger partial charge in [-0.05, 0) is 66.3 Å². The zero-order valence-electron chi connectivity index (χ0n) is 20.9. The minimum atomic E-state index is -0.101. The molecular formula is C32H35N. The number of benzene rings is 2. The Bertz CT molecular complexity index is 1350. The summed E-state index contributed by atoms with van der Waals surface area (Å²) in [4.78, 5) is 0. The fourth-order valence-corrected chi connectivity index (χ4v) is 5.07. The van der Waals surface area contributed by atoms with Crippen molar-refractivity contribution in [1.29, 1.82) is 0 Å². The van der Waals surface area contributed by atoms with Crippen LogP contribution in [0.4, 0.5) is 0 Å². The van der Waals surface area contributed by atoms with Crippen molar-refractivity contribution in [3.8, 4) is 5.69 Å². The highest BCUT2D eigenvalue weighted by atomic mass is 15.0. The van der Waals surface area contributed by atoms with Crippen LogP contribution in [0.1, 0.15) is 63.9 Å². The molecule has 2 aromatic carbocycles. The van der Waals surface area contributed by atoms with Crippen molar-refractivity contribution in [2.24, 2.45) is 5.92 Å². The molecule has 3 aromatic rings. The molecule has 0 unspecified atom stereocenters. The van der Waals surface area contributed by atoms with Gasteiger partial charge in [-0.2, -0.15) is 0 Å². The zero-order valence-corrected chi connectivity index (χ0v) is 20.9. The van der Waals surface area contributed by atoms with Gasteiger partial charge in [0.05, 0.1) is 11.2 Å². The molecule has 0 bridgehead atoms. The van der Waals surface area contributed by atoms with Gasteiger partial charge in [0, 0.05) is 22.1 Å². The van der Waals surface area contributed by atoms with E-state index in [9.17, 15) is 0 Å². The molecule has 1 heterocycles. The predicted molar refractivity (Wildman–Crippen MR) is 147 cm³/mol. The fourth-order valence-electron chi connectivity index (χ4n) is 5.07. The van der Waals surface area contributed by atoms with E-state index in [1.54, 1.807) is 0 Å². The van der Waals surface area contributed by atoms with Gasteiger partial charge >= 0.3 is 0 Å². The third kappa shape index (κ3) is 3.56. The lowest BCUT2D eigenvalue weighted by Gasteiger charge is -2.24. The molecule has 1 nitrogen and oxygen atoms in total. The fraction of sp³-hybridized carbons (Fsp3) is 0.250. The number of rotatable bonds is 5. The topological polar surface area (TPSA) is 4.93 Å². The Kier molecular flexibility index (Phi) is 5.93. The van der Waals surface area contributed by atoms with Crippen LogP contribution in [0.3, 0.4) is 0 Å². The molecule has 33 heavy (non-hydrogen) atoms. The van der Waals surface area contributed by atoms with Crippen molar-refractivity contribution in [2.75, 3.05) is 0 Å². The molecule has 0 fully saturated rings. The highest BCUT2D eigenvalue weighted by molar-refractivity contribution is 5.96. The van der Waals surface area contributed by atoms with Gasteiger partial charge in [0.2, 0.25) is 0 Å². The van der Waals surface area contributed by atoms with Gasteiger partial charge < -0.3 is 4.57 Å². The summed E-state index contributed by atoms with van der Waals surface area (Å²) in [6.07, 6.45) is 10.8. The summed E-state index contributed by atoms with van der Waals surface area (Å²) < 4.78 is 2.37. The molecular weight excluding hydrogens is 398 g/mol. The SMILES string of the molecule is C=Cc1c(/C=C\C)n(-c2ccc3c(c2)C(C)(C)C(=C/C(=C)C(C)C)/C3=C\C)c2ccccc12. The maximum Gasteiger partial charge on any atom is 0.0541 e. The summed E-state index contributed by atoms with van der Waals surface area (Å²) in [6, 6.07) is 15.5. The maximum atomic E-state index is 4.33. The second-order valence-electron chi connectivity index (χ2n) is 9.70. The van der Waals surface area contributed by atoms with Crippen LogP contribution in [0.5, 0.6) is 0 Å². The summed E-state index contributed by atoms with van der Waals surface area (Å²) in [5, 5.41) is 1.23. The molecule has 1 aliphatic rings. The molecule has 0 spiro atoms. The molecule has 0 saturated carbocycles. The molecule has 168 valence electrons. The lowest BCUT2D eigenvalue weighted by molar-refractivity contribution is 0.656. The molecule has 1 aliphatic carbocycles. The second-order valence-corrected chi connectivity index (χ2v) is 9.70. The summed E-state index contributed by atoms with van der Waals surface area (Å²) in [6.45, 7) is 21.7. The van der Waals surface area contributed by atoms with E-state index >= 15 is 0 Å². The van der Waals surface area contributed by atoms with E-state index in [0.29, 0.717) is 5.92 Å². The molecule has 1 aromatic heterocycles. The third-order valence-electron chi connectivity index (χ3n) is 7.03. The minimum Gasteiger partial charge on any atom is -0.309 e. The lowest BCUT2D eigenvalue weighted by Crippen LogP contribution is -2.16. The van der Waals surface area contributed by atoms with E-state index in [1.165, 1.54) is 55.7 Å². The van der Waals surface area contributed by atoms with Crippen molar-refractivity contribution in [2.45, 2.75) is 47.0 Å². The quantitative estimate of drug-likeness (QED) is 0.378. The predicted octanol–water partition coefficient (Wildman–Crippen LogP) is 9.14. The number of hydrogen-bond acceptors (Lipinski definition) is 0. The van der Waals surface area contributed by atoms with Gasteiger partial charge in [0.25, 0.3) is 0 Å². The van der Waals surface area contributed by atoms with Crippen molar-refractivity contribution >= 4 is 28.6 Å². The van der Waals surface area contributed by atoms with E-state index in [-0.39, 0.29) is 5.41 Å². The van der Waals surface area contributed by atoms with Crippen molar-refractivity contribution in [3.05, 3.63) is 107 Å². The Morgan fingerprint density at radius 2 is 1.79 bits per heavy atom. The van der Waals surface area contributed by atoms with Gasteiger partial charge in [-0.1, -0.05) is 95.0 Å². The lowest BCUT2D eigenvalue weighted by atomic mass is 9.80. The number of nitrogens with zero attached hydrogens (tertiary/aromatic N) is 1. The van der Waals surface area contributed by atoms with E-state index in [1.807, 2.05) is 6.08 Å². The minimum absolute atomic E-state index is 0.101. The largest absolute Gasteiger partial charge is 0.309 e. The summed E-state index contributed by atoms with van der Waals surface area (Å²) in [5.41, 5.74) is 11.1. The van der Waals surface area contributed by atoms with Crippen LogP contribution >= 0.6 is 0 Å². The highest BCUT2D eigenvalue weighted by Crippen LogP contribution is 2.51. The molecule has 0 atom stereocenters. The second kappa shape index (κ2) is 8.56. The monoisotopic (exact) mass is 433 g/mol. The molecule has 0 saturated heterocycles. The van der Waals surface area contributed by atoms with Crippen LogP contribution in [0, 0.1) is 5.92 Å². The summed E-state index contributed by atoms with van der Waals surface area (Å²) in [7, 11) is 0. The molecule has 4 rings (SSSR count). The van der Waals surface area contributed by atoms with E-state index < -0.39 is 0 Å². The van der Waals surface area contributed by atoms with Crippen LogP contribution in [-0.4, -0.2) is 4.57 Å². The first-order valence-electron chi connectivity index (χ1n) is 11.9. The average molecular weight is 434 g/mol. The normalized spacial score (nSPS) is 17.5. The Labute approximate surface area is 199 Å². The average Bonchev–Trinajstić information content (AvgIpc) is 3.22. The van der Waals surface area contributed by atoms with Gasteiger partial charge in [-0.3, -0.25) is 0 Å². The Morgan fingerprint density at radius 3 is 2.42 bits per heavy atom. The van der Waals surface area contributed by atoms with Crippen molar-refractivity contribution in [3.63, 3.8) is 0 Å². The van der Waals surface area contributed by atoms with Crippen LogP contribution in [-0.2, 0) is 5.41 Å². The summed E-state index contributed by atoms with van der Waals surface area (Å²) >= 11 is 0.